The molecular formula is C11H23BrO2. The van der Waals surface area contributed by atoms with Crippen LogP contribution in [0.4, 0.5) is 0 Å². The molecule has 0 heterocycles. The Bertz CT molecular complexity index is 124. The van der Waals surface area contributed by atoms with E-state index in [0.717, 1.165) is 18.4 Å². The molecule has 0 aliphatic rings. The van der Waals surface area contributed by atoms with Crippen molar-refractivity contribution in [2.24, 2.45) is 5.41 Å². The number of rotatable bonds is 9. The van der Waals surface area contributed by atoms with Gasteiger partial charge in [-0.3, -0.25) is 0 Å². The van der Waals surface area contributed by atoms with Gasteiger partial charge in [-0.15, -0.1) is 0 Å². The zero-order valence-electron chi connectivity index (χ0n) is 9.64. The van der Waals surface area contributed by atoms with Crippen LogP contribution in [-0.2, 0) is 9.47 Å². The van der Waals surface area contributed by atoms with Crippen LogP contribution in [0.5, 0.6) is 0 Å². The van der Waals surface area contributed by atoms with E-state index in [1.54, 1.807) is 7.11 Å². The second-order valence-corrected chi connectivity index (χ2v) is 4.57. The summed E-state index contributed by atoms with van der Waals surface area (Å²) in [6.07, 6.45) is 3.58. The minimum Gasteiger partial charge on any atom is -0.382 e. The molecule has 0 aliphatic heterocycles. The summed E-state index contributed by atoms with van der Waals surface area (Å²) >= 11 is 3.57. The Morgan fingerprint density at radius 3 is 2.43 bits per heavy atom. The van der Waals surface area contributed by atoms with E-state index in [1.807, 2.05) is 0 Å². The molecule has 0 spiro atoms. The Hall–Kier alpha value is 0.400. The zero-order chi connectivity index (χ0) is 10.9. The zero-order valence-corrected chi connectivity index (χ0v) is 11.2. The lowest BCUT2D eigenvalue weighted by Gasteiger charge is -2.25. The van der Waals surface area contributed by atoms with E-state index >= 15 is 0 Å². The Kier molecular flexibility index (Phi) is 8.94. The Morgan fingerprint density at radius 2 is 1.93 bits per heavy atom. The molecule has 1 unspecified atom stereocenters. The van der Waals surface area contributed by atoms with Crippen LogP contribution in [0.15, 0.2) is 0 Å². The van der Waals surface area contributed by atoms with Gasteiger partial charge < -0.3 is 9.47 Å². The SMILES string of the molecule is CCC(C)(CBr)CCCOCCOC. The summed E-state index contributed by atoms with van der Waals surface area (Å²) in [4.78, 5) is 0. The lowest BCUT2D eigenvalue weighted by atomic mass is 9.85. The molecule has 0 aromatic carbocycles. The second kappa shape index (κ2) is 8.69. The van der Waals surface area contributed by atoms with E-state index < -0.39 is 0 Å². The fourth-order valence-electron chi connectivity index (χ4n) is 1.18. The Balaban J connectivity index is 3.34. The van der Waals surface area contributed by atoms with Gasteiger partial charge in [0.15, 0.2) is 0 Å². The molecule has 0 N–H and O–H groups in total. The lowest BCUT2D eigenvalue weighted by molar-refractivity contribution is 0.0649. The van der Waals surface area contributed by atoms with Crippen LogP contribution in [0.1, 0.15) is 33.1 Å². The Morgan fingerprint density at radius 1 is 1.21 bits per heavy atom. The summed E-state index contributed by atoms with van der Waals surface area (Å²) < 4.78 is 10.3. The Labute approximate surface area is 96.5 Å². The average Bonchev–Trinajstić information content (AvgIpc) is 2.23. The molecular weight excluding hydrogens is 244 g/mol. The molecule has 0 amide bonds. The third-order valence-corrected chi connectivity index (χ3v) is 4.03. The molecule has 0 rings (SSSR count). The number of hydrogen-bond acceptors (Lipinski definition) is 2. The minimum absolute atomic E-state index is 0.435. The van der Waals surface area contributed by atoms with Gasteiger partial charge in [-0.1, -0.05) is 29.8 Å². The van der Waals surface area contributed by atoms with Crippen LogP contribution in [0.3, 0.4) is 0 Å². The molecule has 0 radical (unpaired) electrons. The monoisotopic (exact) mass is 266 g/mol. The van der Waals surface area contributed by atoms with Gasteiger partial charge in [0.05, 0.1) is 13.2 Å². The summed E-state index contributed by atoms with van der Waals surface area (Å²) in [6.45, 7) is 6.83. The molecule has 0 aromatic rings. The van der Waals surface area contributed by atoms with Crippen molar-refractivity contribution in [2.75, 3.05) is 32.3 Å². The van der Waals surface area contributed by atoms with E-state index in [9.17, 15) is 0 Å². The van der Waals surface area contributed by atoms with Crippen molar-refractivity contribution in [3.05, 3.63) is 0 Å². The maximum atomic E-state index is 5.42. The van der Waals surface area contributed by atoms with Gasteiger partial charge in [0.1, 0.15) is 0 Å². The van der Waals surface area contributed by atoms with Crippen molar-refractivity contribution in [3.63, 3.8) is 0 Å². The predicted molar refractivity (Wildman–Crippen MR) is 64.1 cm³/mol. The van der Waals surface area contributed by atoms with Crippen molar-refractivity contribution >= 4 is 15.9 Å². The number of methoxy groups -OCH3 is 1. The number of hydrogen-bond donors (Lipinski definition) is 0. The molecule has 1 atom stereocenters. The summed E-state index contributed by atoms with van der Waals surface area (Å²) in [6, 6.07) is 0. The molecule has 0 saturated heterocycles. The lowest BCUT2D eigenvalue weighted by Crippen LogP contribution is -2.17. The average molecular weight is 267 g/mol. The highest BCUT2D eigenvalue weighted by Gasteiger charge is 2.19. The van der Waals surface area contributed by atoms with Gasteiger partial charge in [0, 0.05) is 19.0 Å². The highest BCUT2D eigenvalue weighted by atomic mass is 79.9. The van der Waals surface area contributed by atoms with Gasteiger partial charge in [-0.2, -0.15) is 0 Å². The fourth-order valence-corrected chi connectivity index (χ4v) is 1.86. The van der Waals surface area contributed by atoms with E-state index in [2.05, 4.69) is 29.8 Å². The van der Waals surface area contributed by atoms with Crippen LogP contribution in [-0.4, -0.2) is 32.3 Å². The first-order chi connectivity index (χ1) is 6.68. The maximum Gasteiger partial charge on any atom is 0.0700 e. The van der Waals surface area contributed by atoms with Gasteiger partial charge >= 0.3 is 0 Å². The topological polar surface area (TPSA) is 18.5 Å². The highest BCUT2D eigenvalue weighted by molar-refractivity contribution is 9.09. The first-order valence-electron chi connectivity index (χ1n) is 5.31. The van der Waals surface area contributed by atoms with Gasteiger partial charge in [-0.25, -0.2) is 0 Å². The van der Waals surface area contributed by atoms with Crippen molar-refractivity contribution < 1.29 is 9.47 Å². The largest absolute Gasteiger partial charge is 0.382 e. The molecule has 2 nitrogen and oxygen atoms in total. The van der Waals surface area contributed by atoms with Crippen LogP contribution in [0, 0.1) is 5.41 Å². The second-order valence-electron chi connectivity index (χ2n) is 4.01. The van der Waals surface area contributed by atoms with Crippen molar-refractivity contribution in [1.82, 2.24) is 0 Å². The van der Waals surface area contributed by atoms with Gasteiger partial charge in [0.2, 0.25) is 0 Å². The summed E-state index contributed by atoms with van der Waals surface area (Å²) in [7, 11) is 1.70. The molecule has 0 bridgehead atoms. The van der Waals surface area contributed by atoms with E-state index in [-0.39, 0.29) is 0 Å². The molecule has 3 heteroatoms. The van der Waals surface area contributed by atoms with Crippen LogP contribution < -0.4 is 0 Å². The quantitative estimate of drug-likeness (QED) is 0.471. The summed E-state index contributed by atoms with van der Waals surface area (Å²) in [5.74, 6) is 0. The van der Waals surface area contributed by atoms with Crippen molar-refractivity contribution in [2.45, 2.75) is 33.1 Å². The number of halogens is 1. The first-order valence-corrected chi connectivity index (χ1v) is 6.43. The van der Waals surface area contributed by atoms with Gasteiger partial charge in [0.25, 0.3) is 0 Å². The van der Waals surface area contributed by atoms with Crippen LogP contribution in [0.25, 0.3) is 0 Å². The number of alkyl halides is 1. The molecule has 14 heavy (non-hydrogen) atoms. The molecule has 0 saturated carbocycles. The highest BCUT2D eigenvalue weighted by Crippen LogP contribution is 2.29. The maximum absolute atomic E-state index is 5.42. The first kappa shape index (κ1) is 14.4. The molecule has 86 valence electrons. The van der Waals surface area contributed by atoms with E-state index in [0.29, 0.717) is 18.6 Å². The standard InChI is InChI=1S/C11H23BrO2/c1-4-11(2,10-12)6-5-7-14-9-8-13-3/h4-10H2,1-3H3. The van der Waals surface area contributed by atoms with Gasteiger partial charge in [-0.05, 0) is 24.7 Å². The van der Waals surface area contributed by atoms with Crippen LogP contribution in [0.2, 0.25) is 0 Å². The van der Waals surface area contributed by atoms with Crippen LogP contribution >= 0.6 is 15.9 Å². The number of ether oxygens (including phenoxy) is 2. The molecule has 0 fully saturated rings. The fraction of sp³-hybridized carbons (Fsp3) is 1.00. The van der Waals surface area contributed by atoms with Crippen molar-refractivity contribution in [1.29, 1.82) is 0 Å². The summed E-state index contributed by atoms with van der Waals surface area (Å²) in [5, 5.41) is 1.08. The normalized spacial score (nSPS) is 15.4. The van der Waals surface area contributed by atoms with E-state index in [4.69, 9.17) is 9.47 Å². The minimum atomic E-state index is 0.435. The van der Waals surface area contributed by atoms with E-state index in [1.165, 1.54) is 12.8 Å². The molecule has 0 aromatic heterocycles. The molecule has 0 aliphatic carbocycles. The van der Waals surface area contributed by atoms with Crippen molar-refractivity contribution in [3.8, 4) is 0 Å². The summed E-state index contributed by atoms with van der Waals surface area (Å²) in [5.41, 5.74) is 0.435. The predicted octanol–water partition coefficient (Wildman–Crippen LogP) is 3.24. The smallest absolute Gasteiger partial charge is 0.0700 e. The third-order valence-electron chi connectivity index (χ3n) is 2.68. The third kappa shape index (κ3) is 6.80.